The van der Waals surface area contributed by atoms with Crippen LogP contribution in [0.1, 0.15) is 27.8 Å². The number of nitrogens with zero attached hydrogens (tertiary/aromatic N) is 2. The number of anilines is 1. The quantitative estimate of drug-likeness (QED) is 0.810. The summed E-state index contributed by atoms with van der Waals surface area (Å²) in [5.74, 6) is -1.54. The van der Waals surface area contributed by atoms with Gasteiger partial charge < -0.3 is 10.4 Å². The highest BCUT2D eigenvalue weighted by atomic mass is 16.4. The number of carboxylic acid groups (broad SMARTS) is 1. The van der Waals surface area contributed by atoms with Crippen LogP contribution in [0.4, 0.5) is 5.69 Å². The van der Waals surface area contributed by atoms with Crippen LogP contribution in [-0.4, -0.2) is 32.5 Å². The Bertz CT molecular complexity index is 688. The topological polar surface area (TPSA) is 101 Å². The first-order chi connectivity index (χ1) is 9.95. The molecule has 2 rings (SSSR count). The van der Waals surface area contributed by atoms with Gasteiger partial charge in [-0.25, -0.2) is 0 Å². The summed E-state index contributed by atoms with van der Waals surface area (Å²) < 4.78 is 1.16. The van der Waals surface area contributed by atoms with Crippen molar-refractivity contribution in [3.63, 3.8) is 0 Å². The molecule has 7 nitrogen and oxygen atoms in total. The molecule has 2 N–H and O–H groups in total. The number of carbonyl (C=O) groups is 3. The predicted octanol–water partition coefficient (Wildman–Crippen LogP) is 1.42. The molecular weight excluding hydrogens is 274 g/mol. The molecule has 0 atom stereocenters. The SMILES string of the molecule is CC(=O)c1ccc(NC(=O)c2ccn(CC(=O)O)n2)cc1. The maximum absolute atomic E-state index is 11.9. The summed E-state index contributed by atoms with van der Waals surface area (Å²) in [5, 5.41) is 15.1. The van der Waals surface area contributed by atoms with E-state index in [0.29, 0.717) is 11.3 Å². The fourth-order valence-electron chi connectivity index (χ4n) is 1.69. The molecule has 0 spiro atoms. The number of hydrogen-bond acceptors (Lipinski definition) is 4. The summed E-state index contributed by atoms with van der Waals surface area (Å²) in [6, 6.07) is 7.88. The van der Waals surface area contributed by atoms with Crippen LogP contribution in [0.3, 0.4) is 0 Å². The zero-order chi connectivity index (χ0) is 15.4. The van der Waals surface area contributed by atoms with E-state index in [1.807, 2.05) is 0 Å². The minimum absolute atomic E-state index is 0.0553. The molecule has 0 bridgehead atoms. The zero-order valence-corrected chi connectivity index (χ0v) is 11.2. The van der Waals surface area contributed by atoms with E-state index in [9.17, 15) is 14.4 Å². The number of carbonyl (C=O) groups excluding carboxylic acids is 2. The van der Waals surface area contributed by atoms with Gasteiger partial charge in [0.15, 0.2) is 11.5 Å². The lowest BCUT2D eigenvalue weighted by Crippen LogP contribution is -2.15. The normalized spacial score (nSPS) is 10.1. The highest BCUT2D eigenvalue weighted by molar-refractivity contribution is 6.03. The fourth-order valence-corrected chi connectivity index (χ4v) is 1.69. The monoisotopic (exact) mass is 287 g/mol. The lowest BCUT2D eigenvalue weighted by Gasteiger charge is -2.03. The first-order valence-corrected chi connectivity index (χ1v) is 6.13. The molecule has 0 saturated carbocycles. The minimum Gasteiger partial charge on any atom is -0.480 e. The molecule has 1 aromatic carbocycles. The summed E-state index contributed by atoms with van der Waals surface area (Å²) in [5.41, 5.74) is 1.20. The average Bonchev–Trinajstić information content (AvgIpc) is 2.87. The fraction of sp³-hybridized carbons (Fsp3) is 0.143. The summed E-state index contributed by atoms with van der Waals surface area (Å²) in [6.45, 7) is 1.16. The Balaban J connectivity index is 2.05. The largest absolute Gasteiger partial charge is 0.480 e. The van der Waals surface area contributed by atoms with Gasteiger partial charge in [-0.2, -0.15) is 5.10 Å². The van der Waals surface area contributed by atoms with Crippen molar-refractivity contribution in [1.82, 2.24) is 9.78 Å². The Morgan fingerprint density at radius 1 is 1.19 bits per heavy atom. The number of amides is 1. The van der Waals surface area contributed by atoms with Gasteiger partial charge in [-0.05, 0) is 37.3 Å². The molecule has 1 aromatic heterocycles. The van der Waals surface area contributed by atoms with Crippen LogP contribution in [0.15, 0.2) is 36.5 Å². The Morgan fingerprint density at radius 2 is 1.86 bits per heavy atom. The molecule has 0 fully saturated rings. The number of aromatic nitrogens is 2. The molecule has 0 radical (unpaired) electrons. The van der Waals surface area contributed by atoms with E-state index in [-0.39, 0.29) is 18.0 Å². The van der Waals surface area contributed by atoms with Gasteiger partial charge in [0.1, 0.15) is 6.54 Å². The van der Waals surface area contributed by atoms with Crippen molar-refractivity contribution < 1.29 is 19.5 Å². The lowest BCUT2D eigenvalue weighted by molar-refractivity contribution is -0.137. The molecule has 0 aliphatic rings. The van der Waals surface area contributed by atoms with Gasteiger partial charge in [-0.15, -0.1) is 0 Å². The molecule has 0 aliphatic carbocycles. The van der Waals surface area contributed by atoms with Crippen LogP contribution in [-0.2, 0) is 11.3 Å². The minimum atomic E-state index is -1.04. The lowest BCUT2D eigenvalue weighted by atomic mass is 10.1. The molecule has 21 heavy (non-hydrogen) atoms. The number of rotatable bonds is 5. The Labute approximate surface area is 120 Å². The van der Waals surface area contributed by atoms with E-state index in [2.05, 4.69) is 10.4 Å². The second kappa shape index (κ2) is 6.00. The van der Waals surface area contributed by atoms with Crippen molar-refractivity contribution in [3.8, 4) is 0 Å². The Hall–Kier alpha value is -2.96. The number of Topliss-reactive ketones (excluding diaryl/α,β-unsaturated/α-hetero) is 1. The standard InChI is InChI=1S/C14H13N3O4/c1-9(18)10-2-4-11(5-3-10)15-14(21)12-6-7-17(16-12)8-13(19)20/h2-7H,8H2,1H3,(H,15,21)(H,19,20). The summed E-state index contributed by atoms with van der Waals surface area (Å²) >= 11 is 0. The van der Waals surface area contributed by atoms with Crippen LogP contribution in [0.2, 0.25) is 0 Å². The van der Waals surface area contributed by atoms with E-state index in [0.717, 1.165) is 4.68 Å². The number of ketones is 1. The average molecular weight is 287 g/mol. The molecule has 0 unspecified atom stereocenters. The van der Waals surface area contributed by atoms with E-state index in [1.165, 1.54) is 19.2 Å². The van der Waals surface area contributed by atoms with Crippen LogP contribution in [0.25, 0.3) is 0 Å². The number of carboxylic acids is 1. The molecule has 2 aromatic rings. The third kappa shape index (κ3) is 3.75. The molecule has 0 aliphatic heterocycles. The van der Waals surface area contributed by atoms with E-state index in [1.54, 1.807) is 24.3 Å². The van der Waals surface area contributed by atoms with Crippen LogP contribution in [0.5, 0.6) is 0 Å². The van der Waals surface area contributed by atoms with Gasteiger partial charge >= 0.3 is 5.97 Å². The third-order valence-corrected chi connectivity index (χ3v) is 2.72. The molecule has 7 heteroatoms. The summed E-state index contributed by atoms with van der Waals surface area (Å²) in [4.78, 5) is 33.6. The molecule has 1 amide bonds. The Morgan fingerprint density at radius 3 is 2.43 bits per heavy atom. The molecule has 108 valence electrons. The number of benzene rings is 1. The van der Waals surface area contributed by atoms with Crippen molar-refractivity contribution in [2.24, 2.45) is 0 Å². The molecular formula is C14H13N3O4. The number of nitrogens with one attached hydrogen (secondary N) is 1. The third-order valence-electron chi connectivity index (χ3n) is 2.72. The van der Waals surface area contributed by atoms with Crippen molar-refractivity contribution in [3.05, 3.63) is 47.8 Å². The maximum Gasteiger partial charge on any atom is 0.325 e. The van der Waals surface area contributed by atoms with Crippen LogP contribution >= 0.6 is 0 Å². The van der Waals surface area contributed by atoms with Gasteiger partial charge in [0, 0.05) is 17.4 Å². The highest BCUT2D eigenvalue weighted by Crippen LogP contribution is 2.11. The van der Waals surface area contributed by atoms with Crippen LogP contribution < -0.4 is 5.32 Å². The van der Waals surface area contributed by atoms with Crippen molar-refractivity contribution in [2.45, 2.75) is 13.5 Å². The second-order valence-electron chi connectivity index (χ2n) is 4.38. The van der Waals surface area contributed by atoms with Crippen molar-refractivity contribution in [2.75, 3.05) is 5.32 Å². The number of hydrogen-bond donors (Lipinski definition) is 2. The van der Waals surface area contributed by atoms with Gasteiger partial charge in [-0.1, -0.05) is 0 Å². The smallest absolute Gasteiger partial charge is 0.325 e. The molecule has 0 saturated heterocycles. The number of aliphatic carboxylic acids is 1. The van der Waals surface area contributed by atoms with Gasteiger partial charge in [0.25, 0.3) is 5.91 Å². The van der Waals surface area contributed by atoms with E-state index in [4.69, 9.17) is 5.11 Å². The van der Waals surface area contributed by atoms with E-state index >= 15 is 0 Å². The highest BCUT2D eigenvalue weighted by Gasteiger charge is 2.11. The van der Waals surface area contributed by atoms with E-state index < -0.39 is 11.9 Å². The summed E-state index contributed by atoms with van der Waals surface area (Å²) in [7, 11) is 0. The zero-order valence-electron chi connectivity index (χ0n) is 11.2. The van der Waals surface area contributed by atoms with Crippen molar-refractivity contribution >= 4 is 23.3 Å². The predicted molar refractivity (Wildman–Crippen MR) is 74.3 cm³/mol. The van der Waals surface area contributed by atoms with Crippen molar-refractivity contribution in [1.29, 1.82) is 0 Å². The summed E-state index contributed by atoms with van der Waals surface area (Å²) in [6.07, 6.45) is 1.42. The van der Waals surface area contributed by atoms with Crippen LogP contribution in [0, 0.1) is 0 Å². The maximum atomic E-state index is 11.9. The Kier molecular flexibility index (Phi) is 4.13. The first-order valence-electron chi connectivity index (χ1n) is 6.13. The van der Waals surface area contributed by atoms with Gasteiger partial charge in [0.05, 0.1) is 0 Å². The van der Waals surface area contributed by atoms with Gasteiger partial charge in [-0.3, -0.25) is 19.1 Å². The second-order valence-corrected chi connectivity index (χ2v) is 4.38. The molecule has 1 heterocycles. The first kappa shape index (κ1) is 14.4. The van der Waals surface area contributed by atoms with Gasteiger partial charge in [0.2, 0.25) is 0 Å².